The zero-order valence-corrected chi connectivity index (χ0v) is 21.2. The van der Waals surface area contributed by atoms with Crippen LogP contribution in [0.1, 0.15) is 43.7 Å². The van der Waals surface area contributed by atoms with Gasteiger partial charge in [0, 0.05) is 42.0 Å². The number of alkyl halides is 2. The fourth-order valence-corrected chi connectivity index (χ4v) is 5.23. The lowest BCUT2D eigenvalue weighted by molar-refractivity contribution is -0.0243. The fraction of sp³-hybridized carbons (Fsp3) is 0.478. The highest BCUT2D eigenvalue weighted by atomic mass is 32.2. The normalized spacial score (nSPS) is 24.2. The Kier molecular flexibility index (Phi) is 7.84. The Morgan fingerprint density at radius 1 is 1.25 bits per heavy atom. The molecule has 0 spiro atoms. The number of thioether (sulfide) groups is 1. The molecule has 1 aliphatic heterocycles. The summed E-state index contributed by atoms with van der Waals surface area (Å²) < 4.78 is 65.2. The first-order valence-electron chi connectivity index (χ1n) is 10.9. The molecular weight excluding hydrogens is 502 g/mol. The molecule has 1 aromatic heterocycles. The predicted molar refractivity (Wildman–Crippen MR) is 128 cm³/mol. The number of anilines is 1. The Morgan fingerprint density at radius 3 is 2.53 bits per heavy atom. The first-order chi connectivity index (χ1) is 16.7. The van der Waals surface area contributed by atoms with Crippen molar-refractivity contribution in [1.29, 1.82) is 0 Å². The van der Waals surface area contributed by atoms with Gasteiger partial charge in [0.2, 0.25) is 5.88 Å². The second kappa shape index (κ2) is 10.2. The summed E-state index contributed by atoms with van der Waals surface area (Å²) in [6.45, 7) is 5.46. The summed E-state index contributed by atoms with van der Waals surface area (Å²) >= 11 is 1.30. The van der Waals surface area contributed by atoms with Crippen molar-refractivity contribution in [2.75, 3.05) is 25.6 Å². The number of amides is 1. The van der Waals surface area contributed by atoms with Gasteiger partial charge in [0.15, 0.2) is 23.4 Å². The van der Waals surface area contributed by atoms with E-state index in [4.69, 9.17) is 15.2 Å². The topological polar surface area (TPSA) is 112 Å². The molecule has 1 aromatic carbocycles. The number of nitrogens with two attached hydrogens (primary N) is 1. The van der Waals surface area contributed by atoms with Crippen molar-refractivity contribution in [3.05, 3.63) is 47.4 Å². The van der Waals surface area contributed by atoms with Gasteiger partial charge in [-0.15, -0.1) is 0 Å². The number of amidine groups is 1. The average molecular weight is 530 g/mol. The molecule has 0 fully saturated rings. The summed E-state index contributed by atoms with van der Waals surface area (Å²) in [4.78, 5) is 24.7. The summed E-state index contributed by atoms with van der Waals surface area (Å²) in [6, 6.07) is 2.12. The minimum Gasteiger partial charge on any atom is -0.470 e. The Bertz CT molecular complexity index is 1160. The third-order valence-electron chi connectivity index (χ3n) is 6.04. The summed E-state index contributed by atoms with van der Waals surface area (Å²) in [7, 11) is 1.54. The van der Waals surface area contributed by atoms with E-state index in [2.05, 4.69) is 20.3 Å². The molecule has 1 aliphatic rings. The van der Waals surface area contributed by atoms with Crippen molar-refractivity contribution in [2.24, 2.45) is 16.6 Å². The highest BCUT2D eigenvalue weighted by Crippen LogP contribution is 2.50. The van der Waals surface area contributed by atoms with Crippen molar-refractivity contribution in [2.45, 2.75) is 43.9 Å². The van der Waals surface area contributed by atoms with Gasteiger partial charge in [-0.2, -0.15) is 0 Å². The standard InChI is InChI=1S/C23H27F4N5O3S/c1-12-21(2,10-34-5)36-20(28)32-23(12,4)14-6-13(7-15(24)18(14)25)31-19(33)16-8-30-17(9-29-16)35-11-22(3,26)27/h6-9,12H,10-11H2,1-5H3,(H2,28,32)(H,31,33)/t12-,21-,23+/m1/s1. The van der Waals surface area contributed by atoms with Crippen LogP contribution in [0.3, 0.4) is 0 Å². The van der Waals surface area contributed by atoms with Gasteiger partial charge in [-0.25, -0.2) is 27.5 Å². The number of carbonyl (C=O) groups is 1. The number of methoxy groups -OCH3 is 1. The molecule has 0 saturated heterocycles. The van der Waals surface area contributed by atoms with E-state index < -0.39 is 40.4 Å². The molecule has 2 heterocycles. The Morgan fingerprint density at radius 2 is 1.94 bits per heavy atom. The van der Waals surface area contributed by atoms with E-state index in [0.29, 0.717) is 13.5 Å². The molecule has 0 saturated carbocycles. The summed E-state index contributed by atoms with van der Waals surface area (Å²) in [5.41, 5.74) is 4.46. The van der Waals surface area contributed by atoms with Crippen molar-refractivity contribution in [3.63, 3.8) is 0 Å². The van der Waals surface area contributed by atoms with Crippen LogP contribution in [0.2, 0.25) is 0 Å². The van der Waals surface area contributed by atoms with Crippen LogP contribution in [-0.2, 0) is 10.3 Å². The number of ether oxygens (including phenoxy) is 2. The fourth-order valence-electron chi connectivity index (χ4n) is 3.94. The number of benzene rings is 1. The van der Waals surface area contributed by atoms with Crippen molar-refractivity contribution < 1.29 is 31.8 Å². The van der Waals surface area contributed by atoms with E-state index in [1.54, 1.807) is 6.92 Å². The molecule has 0 bridgehead atoms. The highest BCUT2D eigenvalue weighted by Gasteiger charge is 2.50. The quantitative estimate of drug-likeness (QED) is 0.489. The molecule has 0 unspecified atom stereocenters. The number of nitrogens with zero attached hydrogens (tertiary/aromatic N) is 3. The molecule has 2 aromatic rings. The molecule has 1 amide bonds. The summed E-state index contributed by atoms with van der Waals surface area (Å²) in [6.07, 6.45) is 2.02. The van der Waals surface area contributed by atoms with E-state index in [9.17, 15) is 18.0 Å². The maximum absolute atomic E-state index is 15.1. The Labute approximate surface area is 210 Å². The first kappa shape index (κ1) is 27.7. The maximum Gasteiger partial charge on any atom is 0.278 e. The number of aliphatic imine (C=N–C) groups is 1. The Balaban J connectivity index is 1.89. The van der Waals surface area contributed by atoms with E-state index in [1.807, 2.05) is 13.8 Å². The average Bonchev–Trinajstić information content (AvgIpc) is 2.78. The smallest absolute Gasteiger partial charge is 0.278 e. The van der Waals surface area contributed by atoms with Gasteiger partial charge in [0.1, 0.15) is 5.69 Å². The van der Waals surface area contributed by atoms with Gasteiger partial charge in [-0.1, -0.05) is 18.7 Å². The van der Waals surface area contributed by atoms with Crippen LogP contribution in [0, 0.1) is 17.6 Å². The van der Waals surface area contributed by atoms with Crippen molar-refractivity contribution in [3.8, 4) is 5.88 Å². The number of nitrogens with one attached hydrogen (secondary N) is 1. The zero-order valence-electron chi connectivity index (χ0n) is 20.4. The second-order valence-electron chi connectivity index (χ2n) is 9.04. The third-order valence-corrected chi connectivity index (χ3v) is 7.27. The van der Waals surface area contributed by atoms with E-state index in [1.165, 1.54) is 24.9 Å². The lowest BCUT2D eigenvalue weighted by Crippen LogP contribution is -2.50. The van der Waals surface area contributed by atoms with Gasteiger partial charge < -0.3 is 20.5 Å². The molecule has 0 radical (unpaired) electrons. The molecule has 3 rings (SSSR count). The number of aromatic nitrogens is 2. The molecule has 0 aliphatic carbocycles. The molecular formula is C23H27F4N5O3S. The van der Waals surface area contributed by atoms with Crippen LogP contribution in [0.25, 0.3) is 0 Å². The maximum atomic E-state index is 15.1. The Hall–Kier alpha value is -2.93. The van der Waals surface area contributed by atoms with Gasteiger partial charge in [0.25, 0.3) is 11.8 Å². The largest absolute Gasteiger partial charge is 0.470 e. The van der Waals surface area contributed by atoms with E-state index in [0.717, 1.165) is 18.5 Å². The summed E-state index contributed by atoms with van der Waals surface area (Å²) in [5, 5.41) is 2.65. The summed E-state index contributed by atoms with van der Waals surface area (Å²) in [5.74, 6) is -6.70. The van der Waals surface area contributed by atoms with Crippen LogP contribution in [0.15, 0.2) is 29.5 Å². The minimum absolute atomic E-state index is 0.0458. The predicted octanol–water partition coefficient (Wildman–Crippen LogP) is 4.36. The zero-order chi connectivity index (χ0) is 26.9. The lowest BCUT2D eigenvalue weighted by atomic mass is 9.74. The molecule has 3 N–H and O–H groups in total. The molecule has 13 heteroatoms. The van der Waals surface area contributed by atoms with E-state index >= 15 is 4.39 Å². The number of rotatable bonds is 8. The monoisotopic (exact) mass is 529 g/mol. The molecule has 36 heavy (non-hydrogen) atoms. The molecule has 8 nitrogen and oxygen atoms in total. The number of hydrogen-bond donors (Lipinski definition) is 2. The van der Waals surface area contributed by atoms with Gasteiger partial charge >= 0.3 is 0 Å². The van der Waals surface area contributed by atoms with Gasteiger partial charge in [0.05, 0.1) is 24.5 Å². The van der Waals surface area contributed by atoms with Crippen LogP contribution in [0.5, 0.6) is 5.88 Å². The van der Waals surface area contributed by atoms with Gasteiger partial charge in [-0.05, 0) is 19.9 Å². The lowest BCUT2D eigenvalue weighted by Gasteiger charge is -2.47. The molecule has 196 valence electrons. The van der Waals surface area contributed by atoms with Crippen LogP contribution >= 0.6 is 11.8 Å². The highest BCUT2D eigenvalue weighted by molar-refractivity contribution is 8.15. The van der Waals surface area contributed by atoms with Crippen LogP contribution in [-0.4, -0.2) is 52.0 Å². The third kappa shape index (κ3) is 5.89. The van der Waals surface area contributed by atoms with Gasteiger partial charge in [-0.3, -0.25) is 9.79 Å². The van der Waals surface area contributed by atoms with Crippen molar-refractivity contribution >= 4 is 28.5 Å². The number of carbonyl (C=O) groups excluding carboxylic acids is 1. The first-order valence-corrected chi connectivity index (χ1v) is 11.7. The van der Waals surface area contributed by atoms with E-state index in [-0.39, 0.29) is 33.9 Å². The SMILES string of the molecule is COC[C@@]1(C)SC(N)=N[C@](C)(c2cc(NC(=O)c3cnc(OCC(C)(F)F)cn3)cc(F)c2F)[C@@H]1C. The van der Waals surface area contributed by atoms with Crippen LogP contribution < -0.4 is 15.8 Å². The number of halogens is 4. The minimum atomic E-state index is -3.07. The number of hydrogen-bond acceptors (Lipinski definition) is 8. The second-order valence-corrected chi connectivity index (χ2v) is 10.6. The van der Waals surface area contributed by atoms with Crippen molar-refractivity contribution in [1.82, 2.24) is 9.97 Å². The van der Waals surface area contributed by atoms with Crippen LogP contribution in [0.4, 0.5) is 23.2 Å². The molecule has 3 atom stereocenters.